The van der Waals surface area contributed by atoms with Crippen molar-refractivity contribution in [3.8, 4) is 0 Å². The highest BCUT2D eigenvalue weighted by molar-refractivity contribution is 5.76. The largest absolute Gasteiger partial charge is 0.369 e. The Hall–Kier alpha value is -1.92. The number of nitrogens with two attached hydrogens (primary N) is 1. The van der Waals surface area contributed by atoms with Gasteiger partial charge in [-0.2, -0.15) is 5.10 Å². The van der Waals surface area contributed by atoms with Crippen molar-refractivity contribution < 1.29 is 9.72 Å². The lowest BCUT2D eigenvalue weighted by atomic mass is 10.2. The molecule has 76 valence electrons. The molecule has 7 heteroatoms. The molecule has 0 aliphatic rings. The third kappa shape index (κ3) is 2.28. The van der Waals surface area contributed by atoms with Gasteiger partial charge < -0.3 is 5.73 Å². The van der Waals surface area contributed by atoms with E-state index in [9.17, 15) is 14.9 Å². The van der Waals surface area contributed by atoms with Gasteiger partial charge in [0.15, 0.2) is 0 Å². The van der Waals surface area contributed by atoms with Crippen LogP contribution in [-0.2, 0) is 11.3 Å². The highest BCUT2D eigenvalue weighted by Gasteiger charge is 2.13. The van der Waals surface area contributed by atoms with E-state index in [1.54, 1.807) is 6.92 Å². The standard InChI is InChI=1S/C7H10N4O3/c1-5(7(8)12)3-10-4-6(2-9-10)11(13)14/h2,4-5H,3H2,1H3,(H2,8,12). The second kappa shape index (κ2) is 3.86. The molecule has 1 rings (SSSR count). The summed E-state index contributed by atoms with van der Waals surface area (Å²) in [5, 5.41) is 14.0. The lowest BCUT2D eigenvalue weighted by molar-refractivity contribution is -0.385. The SMILES string of the molecule is CC(Cn1cc([N+](=O)[O-])cn1)C(N)=O. The zero-order valence-corrected chi connectivity index (χ0v) is 7.58. The lowest BCUT2D eigenvalue weighted by Crippen LogP contribution is -2.24. The average Bonchev–Trinajstić information content (AvgIpc) is 2.52. The Morgan fingerprint density at radius 1 is 1.86 bits per heavy atom. The molecule has 1 amide bonds. The first-order valence-electron chi connectivity index (χ1n) is 3.97. The van der Waals surface area contributed by atoms with E-state index >= 15 is 0 Å². The molecular formula is C7H10N4O3. The van der Waals surface area contributed by atoms with Crippen LogP contribution >= 0.6 is 0 Å². The summed E-state index contributed by atoms with van der Waals surface area (Å²) in [6, 6.07) is 0. The first kappa shape index (κ1) is 10.2. The third-order valence-electron chi connectivity index (χ3n) is 1.78. The van der Waals surface area contributed by atoms with Crippen molar-refractivity contribution in [2.24, 2.45) is 11.7 Å². The molecule has 0 saturated carbocycles. The van der Waals surface area contributed by atoms with Gasteiger partial charge in [-0.1, -0.05) is 6.92 Å². The molecular weight excluding hydrogens is 188 g/mol. The molecule has 0 fully saturated rings. The molecule has 14 heavy (non-hydrogen) atoms. The summed E-state index contributed by atoms with van der Waals surface area (Å²) in [6.45, 7) is 1.89. The Labute approximate surface area is 79.7 Å². The van der Waals surface area contributed by atoms with Crippen molar-refractivity contribution >= 4 is 11.6 Å². The summed E-state index contributed by atoms with van der Waals surface area (Å²) in [4.78, 5) is 20.4. The molecule has 1 atom stereocenters. The van der Waals surface area contributed by atoms with Gasteiger partial charge in [-0.15, -0.1) is 0 Å². The molecule has 0 aliphatic carbocycles. The van der Waals surface area contributed by atoms with Gasteiger partial charge >= 0.3 is 5.69 Å². The molecule has 1 unspecified atom stereocenters. The number of carbonyl (C=O) groups is 1. The topological polar surface area (TPSA) is 104 Å². The summed E-state index contributed by atoms with van der Waals surface area (Å²) >= 11 is 0. The van der Waals surface area contributed by atoms with Crippen molar-refractivity contribution in [1.29, 1.82) is 0 Å². The number of hydrogen-bond acceptors (Lipinski definition) is 4. The van der Waals surface area contributed by atoms with Crippen LogP contribution in [0.15, 0.2) is 12.4 Å². The second-order valence-corrected chi connectivity index (χ2v) is 2.98. The van der Waals surface area contributed by atoms with Gasteiger partial charge in [0.1, 0.15) is 12.4 Å². The Morgan fingerprint density at radius 3 is 2.93 bits per heavy atom. The molecule has 0 spiro atoms. The maximum Gasteiger partial charge on any atom is 0.306 e. The number of amides is 1. The average molecular weight is 198 g/mol. The number of primary amides is 1. The molecule has 1 aromatic rings. The van der Waals surface area contributed by atoms with Crippen LogP contribution in [0.5, 0.6) is 0 Å². The normalized spacial score (nSPS) is 12.4. The van der Waals surface area contributed by atoms with E-state index in [1.165, 1.54) is 10.9 Å². The Balaban J connectivity index is 2.69. The summed E-state index contributed by atoms with van der Waals surface area (Å²) < 4.78 is 1.33. The molecule has 1 heterocycles. The minimum atomic E-state index is -0.543. The molecule has 0 aromatic carbocycles. The van der Waals surface area contributed by atoms with Crippen LogP contribution in [-0.4, -0.2) is 20.6 Å². The van der Waals surface area contributed by atoms with Gasteiger partial charge in [-0.25, -0.2) is 0 Å². The fourth-order valence-electron chi connectivity index (χ4n) is 0.917. The van der Waals surface area contributed by atoms with Gasteiger partial charge in [0.2, 0.25) is 5.91 Å². The number of hydrogen-bond donors (Lipinski definition) is 1. The predicted octanol–water partition coefficient (Wildman–Crippen LogP) is -0.0873. The highest BCUT2D eigenvalue weighted by Crippen LogP contribution is 2.09. The van der Waals surface area contributed by atoms with Gasteiger partial charge in [-0.3, -0.25) is 19.6 Å². The smallest absolute Gasteiger partial charge is 0.306 e. The van der Waals surface area contributed by atoms with Crippen LogP contribution in [0.3, 0.4) is 0 Å². The minimum Gasteiger partial charge on any atom is -0.369 e. The molecule has 0 saturated heterocycles. The van der Waals surface area contributed by atoms with Crippen molar-refractivity contribution in [1.82, 2.24) is 9.78 Å². The number of nitrogens with zero attached hydrogens (tertiary/aromatic N) is 3. The molecule has 1 aromatic heterocycles. The maximum absolute atomic E-state index is 10.7. The Bertz CT molecular complexity index is 360. The summed E-state index contributed by atoms with van der Waals surface area (Å²) in [7, 11) is 0. The van der Waals surface area contributed by atoms with Gasteiger partial charge in [0, 0.05) is 0 Å². The maximum atomic E-state index is 10.7. The van der Waals surface area contributed by atoms with Crippen LogP contribution in [0.25, 0.3) is 0 Å². The van der Waals surface area contributed by atoms with E-state index in [0.29, 0.717) is 0 Å². The lowest BCUT2D eigenvalue weighted by Gasteiger charge is -2.05. The van der Waals surface area contributed by atoms with E-state index in [4.69, 9.17) is 5.73 Å². The Morgan fingerprint density at radius 2 is 2.50 bits per heavy atom. The minimum absolute atomic E-state index is 0.0957. The number of nitro groups is 1. The van der Waals surface area contributed by atoms with Gasteiger partial charge in [0.05, 0.1) is 17.4 Å². The highest BCUT2D eigenvalue weighted by atomic mass is 16.6. The van der Waals surface area contributed by atoms with E-state index in [0.717, 1.165) is 6.20 Å². The fraction of sp³-hybridized carbons (Fsp3) is 0.429. The second-order valence-electron chi connectivity index (χ2n) is 2.98. The van der Waals surface area contributed by atoms with Gasteiger partial charge in [0.25, 0.3) is 0 Å². The van der Waals surface area contributed by atoms with Gasteiger partial charge in [-0.05, 0) is 0 Å². The first-order chi connectivity index (χ1) is 6.50. The fourth-order valence-corrected chi connectivity index (χ4v) is 0.917. The van der Waals surface area contributed by atoms with E-state index in [-0.39, 0.29) is 12.2 Å². The number of aromatic nitrogens is 2. The molecule has 7 nitrogen and oxygen atoms in total. The Kier molecular flexibility index (Phi) is 2.80. The molecule has 0 bridgehead atoms. The van der Waals surface area contributed by atoms with Crippen molar-refractivity contribution in [2.45, 2.75) is 13.5 Å². The van der Waals surface area contributed by atoms with Crippen molar-refractivity contribution in [3.63, 3.8) is 0 Å². The summed E-state index contributed by atoms with van der Waals surface area (Å²) in [6.07, 6.45) is 2.40. The number of carbonyl (C=O) groups excluding carboxylic acids is 1. The van der Waals surface area contributed by atoms with Crippen LogP contribution in [0.2, 0.25) is 0 Å². The third-order valence-corrected chi connectivity index (χ3v) is 1.78. The molecule has 0 aliphatic heterocycles. The first-order valence-corrected chi connectivity index (χ1v) is 3.97. The zero-order chi connectivity index (χ0) is 10.7. The summed E-state index contributed by atoms with van der Waals surface area (Å²) in [5.41, 5.74) is 4.94. The van der Waals surface area contributed by atoms with Crippen molar-refractivity contribution in [2.75, 3.05) is 0 Å². The van der Waals surface area contributed by atoms with Crippen LogP contribution < -0.4 is 5.73 Å². The summed E-state index contributed by atoms with van der Waals surface area (Å²) in [5.74, 6) is -0.849. The van der Waals surface area contributed by atoms with E-state index < -0.39 is 16.7 Å². The monoisotopic (exact) mass is 198 g/mol. The van der Waals surface area contributed by atoms with E-state index in [1.807, 2.05) is 0 Å². The van der Waals surface area contributed by atoms with Crippen LogP contribution in [0.1, 0.15) is 6.92 Å². The van der Waals surface area contributed by atoms with E-state index in [2.05, 4.69) is 5.10 Å². The predicted molar refractivity (Wildman–Crippen MR) is 47.2 cm³/mol. The quantitative estimate of drug-likeness (QED) is 0.539. The van der Waals surface area contributed by atoms with Crippen molar-refractivity contribution in [3.05, 3.63) is 22.5 Å². The number of rotatable bonds is 4. The zero-order valence-electron chi connectivity index (χ0n) is 7.58. The van der Waals surface area contributed by atoms with Crippen LogP contribution in [0.4, 0.5) is 5.69 Å². The van der Waals surface area contributed by atoms with Crippen LogP contribution in [0, 0.1) is 16.0 Å². The molecule has 0 radical (unpaired) electrons. The molecule has 2 N–H and O–H groups in total.